The van der Waals surface area contributed by atoms with Crippen molar-refractivity contribution in [1.29, 1.82) is 0 Å². The molecule has 2 aromatic carbocycles. The molecular formula is C25H32FN3O5S. The number of sulfonamides is 1. The summed E-state index contributed by atoms with van der Waals surface area (Å²) in [5.74, 6) is -1.51. The van der Waals surface area contributed by atoms with Crippen LogP contribution in [0.15, 0.2) is 48.5 Å². The number of amides is 2. The maximum absolute atomic E-state index is 13.4. The first-order chi connectivity index (χ1) is 16.3. The highest BCUT2D eigenvalue weighted by Gasteiger charge is 2.30. The van der Waals surface area contributed by atoms with Crippen LogP contribution in [0.25, 0.3) is 0 Å². The van der Waals surface area contributed by atoms with Crippen molar-refractivity contribution in [3.05, 3.63) is 65.5 Å². The Kier molecular flexibility index (Phi) is 9.53. The van der Waals surface area contributed by atoms with Crippen molar-refractivity contribution in [2.75, 3.05) is 23.7 Å². The van der Waals surface area contributed by atoms with Gasteiger partial charge in [0, 0.05) is 18.7 Å². The first-order valence-electron chi connectivity index (χ1n) is 11.2. The second kappa shape index (κ2) is 11.9. The lowest BCUT2D eigenvalue weighted by Gasteiger charge is -2.31. The molecule has 0 unspecified atom stereocenters. The van der Waals surface area contributed by atoms with Crippen LogP contribution in [0.5, 0.6) is 0 Å². The first-order valence-corrected chi connectivity index (χ1v) is 13.0. The third-order valence-corrected chi connectivity index (χ3v) is 6.48. The van der Waals surface area contributed by atoms with E-state index >= 15 is 0 Å². The molecule has 2 amide bonds. The SMILES string of the molecule is CC(=O)c1cccc(N(CC(=O)N(Cc2ccc(F)cc2)[C@@H](C)C(=O)NCC(C)C)S(C)(=O)=O)c1. The maximum atomic E-state index is 13.4. The van der Waals surface area contributed by atoms with Crippen LogP contribution in [0.2, 0.25) is 0 Å². The van der Waals surface area contributed by atoms with Gasteiger partial charge in [0.1, 0.15) is 18.4 Å². The molecule has 8 nitrogen and oxygen atoms in total. The van der Waals surface area contributed by atoms with Gasteiger partial charge < -0.3 is 10.2 Å². The Balaban J connectivity index is 2.39. The Labute approximate surface area is 206 Å². The molecule has 0 saturated heterocycles. The highest BCUT2D eigenvalue weighted by Crippen LogP contribution is 2.21. The number of rotatable bonds is 11. The molecule has 1 N–H and O–H groups in total. The quantitative estimate of drug-likeness (QED) is 0.473. The van der Waals surface area contributed by atoms with E-state index in [-0.39, 0.29) is 23.9 Å². The van der Waals surface area contributed by atoms with Crippen LogP contribution in [-0.2, 0) is 26.2 Å². The van der Waals surface area contributed by atoms with Crippen LogP contribution < -0.4 is 9.62 Å². The maximum Gasteiger partial charge on any atom is 0.244 e. The van der Waals surface area contributed by atoms with Crippen molar-refractivity contribution in [1.82, 2.24) is 10.2 Å². The van der Waals surface area contributed by atoms with E-state index in [0.717, 1.165) is 10.6 Å². The fraction of sp³-hybridized carbons (Fsp3) is 0.400. The fourth-order valence-electron chi connectivity index (χ4n) is 3.32. The van der Waals surface area contributed by atoms with Gasteiger partial charge in [0.05, 0.1) is 11.9 Å². The van der Waals surface area contributed by atoms with Gasteiger partial charge >= 0.3 is 0 Å². The van der Waals surface area contributed by atoms with Crippen LogP contribution in [0.1, 0.15) is 43.6 Å². The van der Waals surface area contributed by atoms with E-state index in [0.29, 0.717) is 17.7 Å². The lowest BCUT2D eigenvalue weighted by Crippen LogP contribution is -2.51. The van der Waals surface area contributed by atoms with Crippen LogP contribution in [0.4, 0.5) is 10.1 Å². The van der Waals surface area contributed by atoms with Crippen molar-refractivity contribution in [2.45, 2.75) is 40.3 Å². The van der Waals surface area contributed by atoms with E-state index in [1.54, 1.807) is 13.0 Å². The van der Waals surface area contributed by atoms with Crippen LogP contribution in [0, 0.1) is 11.7 Å². The Hall–Kier alpha value is -3.27. The number of Topliss-reactive ketones (excluding diaryl/α,β-unsaturated/α-hetero) is 1. The molecular weight excluding hydrogens is 473 g/mol. The van der Waals surface area contributed by atoms with E-state index in [1.165, 1.54) is 54.3 Å². The van der Waals surface area contributed by atoms with Gasteiger partial charge in [-0.1, -0.05) is 38.1 Å². The van der Waals surface area contributed by atoms with E-state index in [4.69, 9.17) is 0 Å². The third-order valence-electron chi connectivity index (χ3n) is 5.34. The number of hydrogen-bond acceptors (Lipinski definition) is 5. The van der Waals surface area contributed by atoms with Crippen molar-refractivity contribution in [3.63, 3.8) is 0 Å². The fourth-order valence-corrected chi connectivity index (χ4v) is 4.16. The molecule has 10 heteroatoms. The minimum Gasteiger partial charge on any atom is -0.354 e. The summed E-state index contributed by atoms with van der Waals surface area (Å²) in [7, 11) is -3.91. The van der Waals surface area contributed by atoms with Crippen LogP contribution in [0.3, 0.4) is 0 Å². The average Bonchev–Trinajstić information content (AvgIpc) is 2.79. The number of hydrogen-bond donors (Lipinski definition) is 1. The summed E-state index contributed by atoms with van der Waals surface area (Å²) >= 11 is 0. The molecule has 0 saturated carbocycles. The van der Waals surface area contributed by atoms with Crippen LogP contribution in [-0.4, -0.2) is 56.3 Å². The zero-order valence-electron chi connectivity index (χ0n) is 20.6. The number of carbonyl (C=O) groups excluding carboxylic acids is 3. The molecule has 0 bridgehead atoms. The van der Waals surface area contributed by atoms with Gasteiger partial charge in [-0.05, 0) is 49.6 Å². The second-order valence-electron chi connectivity index (χ2n) is 8.84. The van der Waals surface area contributed by atoms with Crippen molar-refractivity contribution in [2.24, 2.45) is 5.92 Å². The summed E-state index contributed by atoms with van der Waals surface area (Å²) in [5, 5.41) is 2.79. The van der Waals surface area contributed by atoms with Crippen molar-refractivity contribution in [3.8, 4) is 0 Å². The molecule has 1 atom stereocenters. The number of nitrogens with zero attached hydrogens (tertiary/aromatic N) is 2. The summed E-state index contributed by atoms with van der Waals surface area (Å²) < 4.78 is 39.5. The zero-order valence-corrected chi connectivity index (χ0v) is 21.4. The molecule has 0 aliphatic carbocycles. The first kappa shape index (κ1) is 28.0. The second-order valence-corrected chi connectivity index (χ2v) is 10.7. The van der Waals surface area contributed by atoms with Gasteiger partial charge in [-0.3, -0.25) is 18.7 Å². The van der Waals surface area contributed by atoms with Gasteiger partial charge in [-0.2, -0.15) is 0 Å². The summed E-state index contributed by atoms with van der Waals surface area (Å²) in [5.41, 5.74) is 1.04. The molecule has 35 heavy (non-hydrogen) atoms. The van der Waals surface area contributed by atoms with Gasteiger partial charge in [0.2, 0.25) is 21.8 Å². The number of halogens is 1. The largest absolute Gasteiger partial charge is 0.354 e. The lowest BCUT2D eigenvalue weighted by molar-refractivity contribution is -0.139. The predicted octanol–water partition coefficient (Wildman–Crippen LogP) is 2.98. The highest BCUT2D eigenvalue weighted by atomic mass is 32.2. The normalized spacial score (nSPS) is 12.2. The summed E-state index contributed by atoms with van der Waals surface area (Å²) in [6.45, 7) is 6.59. The minimum atomic E-state index is -3.91. The lowest BCUT2D eigenvalue weighted by atomic mass is 10.1. The van der Waals surface area contributed by atoms with Gasteiger partial charge in [0.15, 0.2) is 5.78 Å². The molecule has 0 fully saturated rings. The molecule has 0 radical (unpaired) electrons. The third kappa shape index (κ3) is 8.17. The molecule has 0 aliphatic heterocycles. The standard InChI is InChI=1S/C25H32FN3O5S/c1-17(2)14-27-25(32)18(3)28(15-20-9-11-22(26)12-10-20)24(31)16-29(35(5,33)34)23-8-6-7-21(13-23)19(4)30/h6-13,17-18H,14-16H2,1-5H3,(H,27,32)/t18-/m0/s1. The number of carbonyl (C=O) groups is 3. The molecule has 0 aliphatic rings. The topological polar surface area (TPSA) is 104 Å². The van der Waals surface area contributed by atoms with Crippen LogP contribution >= 0.6 is 0 Å². The number of benzene rings is 2. The number of anilines is 1. The average molecular weight is 506 g/mol. The van der Waals surface area contributed by atoms with E-state index in [9.17, 15) is 27.2 Å². The number of ketones is 1. The zero-order chi connectivity index (χ0) is 26.3. The Morgan fingerprint density at radius 3 is 2.20 bits per heavy atom. The van der Waals surface area contributed by atoms with Crippen molar-refractivity contribution >= 4 is 33.3 Å². The van der Waals surface area contributed by atoms with Gasteiger partial charge in [-0.15, -0.1) is 0 Å². The minimum absolute atomic E-state index is 0.0273. The number of nitrogens with one attached hydrogen (secondary N) is 1. The highest BCUT2D eigenvalue weighted by molar-refractivity contribution is 7.92. The van der Waals surface area contributed by atoms with E-state index < -0.39 is 40.2 Å². The molecule has 0 spiro atoms. The smallest absolute Gasteiger partial charge is 0.244 e. The summed E-state index contributed by atoms with van der Waals surface area (Å²) in [6.07, 6.45) is 0.962. The molecule has 0 aromatic heterocycles. The summed E-state index contributed by atoms with van der Waals surface area (Å²) in [4.78, 5) is 39.3. The van der Waals surface area contributed by atoms with E-state index in [2.05, 4.69) is 5.32 Å². The van der Waals surface area contributed by atoms with Crippen molar-refractivity contribution < 1.29 is 27.2 Å². The molecule has 2 rings (SSSR count). The van der Waals surface area contributed by atoms with E-state index in [1.807, 2.05) is 13.8 Å². The predicted molar refractivity (Wildman–Crippen MR) is 133 cm³/mol. The Bertz CT molecular complexity index is 1170. The summed E-state index contributed by atoms with van der Waals surface area (Å²) in [6, 6.07) is 10.6. The monoisotopic (exact) mass is 505 g/mol. The Morgan fingerprint density at radius 2 is 1.66 bits per heavy atom. The molecule has 0 heterocycles. The van der Waals surface area contributed by atoms with Gasteiger partial charge in [0.25, 0.3) is 0 Å². The molecule has 190 valence electrons. The van der Waals surface area contributed by atoms with Gasteiger partial charge in [-0.25, -0.2) is 12.8 Å². The molecule has 2 aromatic rings. The Morgan fingerprint density at radius 1 is 1.03 bits per heavy atom.